The predicted molar refractivity (Wildman–Crippen MR) is 146 cm³/mol. The first-order valence-electron chi connectivity index (χ1n) is 11.4. The molecule has 32 heavy (non-hydrogen) atoms. The zero-order chi connectivity index (χ0) is 21.5. The second-order valence-electron chi connectivity index (χ2n) is 8.41. The quantitative estimate of drug-likeness (QED) is 0.284. The minimum atomic E-state index is 0. The van der Waals surface area contributed by atoms with Crippen molar-refractivity contribution in [2.75, 3.05) is 58.3 Å². The van der Waals surface area contributed by atoms with E-state index in [-0.39, 0.29) is 24.0 Å². The number of guanidine groups is 1. The molecule has 4 rings (SSSR count). The molecule has 0 spiro atoms. The number of hydrogen-bond acceptors (Lipinski definition) is 5. The van der Waals surface area contributed by atoms with Crippen molar-refractivity contribution in [1.29, 1.82) is 0 Å². The van der Waals surface area contributed by atoms with Crippen molar-refractivity contribution in [3.05, 3.63) is 46.7 Å². The molecule has 0 amide bonds. The molecule has 3 heterocycles. The Kier molecular flexibility index (Phi) is 9.92. The van der Waals surface area contributed by atoms with Crippen molar-refractivity contribution in [3.8, 4) is 5.75 Å². The van der Waals surface area contributed by atoms with Gasteiger partial charge in [-0.05, 0) is 61.8 Å². The number of ether oxygens (including phenoxy) is 1. The molecular formula is C24H36IN5OS. The summed E-state index contributed by atoms with van der Waals surface area (Å²) in [5, 5.41) is 9.34. The number of benzene rings is 1. The lowest BCUT2D eigenvalue weighted by atomic mass is 10.1. The third kappa shape index (κ3) is 6.51. The Balaban J connectivity index is 0.00000289. The van der Waals surface area contributed by atoms with Crippen molar-refractivity contribution in [2.24, 2.45) is 10.9 Å². The second kappa shape index (κ2) is 12.6. The van der Waals surface area contributed by atoms with Crippen LogP contribution in [0.5, 0.6) is 5.75 Å². The van der Waals surface area contributed by atoms with Crippen molar-refractivity contribution in [2.45, 2.75) is 25.3 Å². The van der Waals surface area contributed by atoms with Gasteiger partial charge in [-0.1, -0.05) is 12.1 Å². The summed E-state index contributed by atoms with van der Waals surface area (Å²) in [6.07, 6.45) is 3.80. The maximum atomic E-state index is 5.38. The van der Waals surface area contributed by atoms with Crippen molar-refractivity contribution in [3.63, 3.8) is 0 Å². The first-order valence-corrected chi connectivity index (χ1v) is 12.3. The van der Waals surface area contributed by atoms with E-state index in [9.17, 15) is 0 Å². The fourth-order valence-corrected chi connectivity index (χ4v) is 5.50. The Morgan fingerprint density at radius 3 is 2.75 bits per heavy atom. The molecule has 0 aliphatic carbocycles. The Morgan fingerprint density at radius 1 is 1.19 bits per heavy atom. The lowest BCUT2D eigenvalue weighted by molar-refractivity contribution is 0.249. The molecule has 2 atom stereocenters. The Labute approximate surface area is 213 Å². The van der Waals surface area contributed by atoms with Gasteiger partial charge >= 0.3 is 0 Å². The molecule has 2 saturated heterocycles. The molecule has 1 aromatic carbocycles. The molecule has 2 unspecified atom stereocenters. The molecule has 176 valence electrons. The number of rotatable bonds is 8. The zero-order valence-electron chi connectivity index (χ0n) is 19.1. The number of likely N-dealkylation sites (tertiary alicyclic amines) is 1. The van der Waals surface area contributed by atoms with Gasteiger partial charge in [0.1, 0.15) is 5.75 Å². The van der Waals surface area contributed by atoms with E-state index in [0.29, 0.717) is 12.0 Å². The highest BCUT2D eigenvalue weighted by atomic mass is 127. The van der Waals surface area contributed by atoms with Crippen LogP contribution >= 0.6 is 35.3 Å². The lowest BCUT2D eigenvalue weighted by Crippen LogP contribution is -2.44. The van der Waals surface area contributed by atoms with Crippen LogP contribution in [0.25, 0.3) is 0 Å². The van der Waals surface area contributed by atoms with Crippen LogP contribution in [0.4, 0.5) is 5.69 Å². The fourth-order valence-electron chi connectivity index (χ4n) is 4.64. The van der Waals surface area contributed by atoms with Gasteiger partial charge in [0.15, 0.2) is 5.96 Å². The monoisotopic (exact) mass is 569 g/mol. The van der Waals surface area contributed by atoms with Crippen LogP contribution in [0.2, 0.25) is 0 Å². The van der Waals surface area contributed by atoms with Crippen LogP contribution in [0.1, 0.15) is 30.2 Å². The van der Waals surface area contributed by atoms with E-state index in [2.05, 4.69) is 61.1 Å². The third-order valence-electron chi connectivity index (χ3n) is 6.40. The van der Waals surface area contributed by atoms with Crippen molar-refractivity contribution < 1.29 is 4.74 Å². The minimum Gasteiger partial charge on any atom is -0.497 e. The number of halogens is 1. The van der Waals surface area contributed by atoms with Crippen LogP contribution in [-0.2, 0) is 0 Å². The van der Waals surface area contributed by atoms with Crippen LogP contribution in [-0.4, -0.2) is 64.3 Å². The van der Waals surface area contributed by atoms with E-state index in [1.165, 1.54) is 42.9 Å². The van der Waals surface area contributed by atoms with Crippen LogP contribution < -0.4 is 20.3 Å². The van der Waals surface area contributed by atoms with Gasteiger partial charge < -0.3 is 20.3 Å². The second-order valence-corrected chi connectivity index (χ2v) is 9.39. The summed E-state index contributed by atoms with van der Waals surface area (Å²) in [6.45, 7) is 6.36. The highest BCUT2D eigenvalue weighted by molar-refractivity contribution is 14.0. The maximum Gasteiger partial charge on any atom is 0.191 e. The first kappa shape index (κ1) is 25.1. The lowest BCUT2D eigenvalue weighted by Gasteiger charge is -2.28. The molecule has 8 heteroatoms. The summed E-state index contributed by atoms with van der Waals surface area (Å²) < 4.78 is 5.38. The van der Waals surface area contributed by atoms with Crippen LogP contribution in [0.15, 0.2) is 46.8 Å². The summed E-state index contributed by atoms with van der Waals surface area (Å²) in [7, 11) is 3.59. The van der Waals surface area contributed by atoms with Gasteiger partial charge in [-0.25, -0.2) is 0 Å². The fraction of sp³-hybridized carbons (Fsp3) is 0.542. The van der Waals surface area contributed by atoms with Gasteiger partial charge in [0.2, 0.25) is 0 Å². The van der Waals surface area contributed by atoms with E-state index in [1.54, 1.807) is 7.11 Å². The maximum absolute atomic E-state index is 5.38. The number of aliphatic imine (C=N–C) groups is 1. The molecule has 6 nitrogen and oxygen atoms in total. The van der Waals surface area contributed by atoms with Gasteiger partial charge in [-0.15, -0.1) is 35.3 Å². The molecule has 2 N–H and O–H groups in total. The molecule has 0 bridgehead atoms. The SMILES string of the molecule is CN=C(NCC1CCN(c2cccc(OC)c2)C1)NCC(c1cccs1)N1CCCC1.I. The number of nitrogens with zero attached hydrogens (tertiary/aromatic N) is 3. The van der Waals surface area contributed by atoms with Crippen molar-refractivity contribution in [1.82, 2.24) is 15.5 Å². The van der Waals surface area contributed by atoms with Gasteiger partial charge in [0.05, 0.1) is 13.2 Å². The summed E-state index contributed by atoms with van der Waals surface area (Å²) >= 11 is 1.86. The molecule has 0 radical (unpaired) electrons. The first-order chi connectivity index (χ1) is 15.3. The van der Waals surface area contributed by atoms with Gasteiger partial charge in [0, 0.05) is 49.9 Å². The van der Waals surface area contributed by atoms with Crippen LogP contribution in [0.3, 0.4) is 0 Å². The summed E-state index contributed by atoms with van der Waals surface area (Å²) in [4.78, 5) is 11.0. The number of hydrogen-bond donors (Lipinski definition) is 2. The Morgan fingerprint density at radius 2 is 2.03 bits per heavy atom. The zero-order valence-corrected chi connectivity index (χ0v) is 22.3. The molecule has 2 fully saturated rings. The average molecular weight is 570 g/mol. The van der Waals surface area contributed by atoms with Crippen LogP contribution in [0, 0.1) is 5.92 Å². The molecule has 1 aromatic heterocycles. The number of nitrogens with one attached hydrogen (secondary N) is 2. The topological polar surface area (TPSA) is 52.1 Å². The van der Waals surface area contributed by atoms with E-state index in [4.69, 9.17) is 4.74 Å². The number of anilines is 1. The highest BCUT2D eigenvalue weighted by Crippen LogP contribution is 2.28. The molecular weight excluding hydrogens is 533 g/mol. The van der Waals surface area contributed by atoms with E-state index < -0.39 is 0 Å². The van der Waals surface area contributed by atoms with Gasteiger partial charge in [-0.2, -0.15) is 0 Å². The van der Waals surface area contributed by atoms with Gasteiger partial charge in [0.25, 0.3) is 0 Å². The molecule has 2 aliphatic rings. The van der Waals surface area contributed by atoms with E-state index >= 15 is 0 Å². The molecule has 2 aliphatic heterocycles. The standard InChI is InChI=1S/C24H35N5OS.HI/c1-25-24(27-17-22(23-9-6-14-31-23)28-11-3-4-12-28)26-16-19-10-13-29(18-19)20-7-5-8-21(15-20)30-2;/h5-9,14-15,19,22H,3-4,10-13,16-18H2,1-2H3,(H2,25,26,27);1H. The average Bonchev–Trinajstić information content (AvgIpc) is 3.59. The Bertz CT molecular complexity index is 841. The summed E-state index contributed by atoms with van der Waals surface area (Å²) in [5.41, 5.74) is 1.24. The largest absolute Gasteiger partial charge is 0.497 e. The smallest absolute Gasteiger partial charge is 0.191 e. The minimum absolute atomic E-state index is 0. The van der Waals surface area contributed by atoms with E-state index in [1.807, 2.05) is 24.5 Å². The molecule has 0 saturated carbocycles. The Hall–Kier alpha value is -1.52. The number of methoxy groups -OCH3 is 1. The predicted octanol–water partition coefficient (Wildman–Crippen LogP) is 4.20. The number of thiophene rings is 1. The highest BCUT2D eigenvalue weighted by Gasteiger charge is 2.25. The van der Waals surface area contributed by atoms with Gasteiger partial charge in [-0.3, -0.25) is 9.89 Å². The summed E-state index contributed by atoms with van der Waals surface area (Å²) in [5.74, 6) is 2.43. The normalized spacial score (nSPS) is 20.1. The van der Waals surface area contributed by atoms with Crippen molar-refractivity contribution >= 4 is 47.0 Å². The molecule has 2 aromatic rings. The third-order valence-corrected chi connectivity index (χ3v) is 7.38. The van der Waals surface area contributed by atoms with E-state index in [0.717, 1.165) is 37.9 Å². The summed E-state index contributed by atoms with van der Waals surface area (Å²) in [6, 6.07) is 13.2.